The molecule has 0 aromatic heterocycles. The zero-order valence-electron chi connectivity index (χ0n) is 12.0. The van der Waals surface area contributed by atoms with E-state index in [1.807, 2.05) is 0 Å². The van der Waals surface area contributed by atoms with Gasteiger partial charge in [-0.15, -0.1) is 0 Å². The van der Waals surface area contributed by atoms with Crippen LogP contribution in [0.2, 0.25) is 5.02 Å². The number of likely N-dealkylation sites (N-methyl/N-ethyl adjacent to an activating group) is 1. The summed E-state index contributed by atoms with van der Waals surface area (Å²) in [4.78, 5) is 13.5. The highest BCUT2D eigenvalue weighted by molar-refractivity contribution is 6.30. The smallest absolute Gasteiger partial charge is 0.246 e. The Hall–Kier alpha value is -1.39. The zero-order chi connectivity index (χ0) is 15.5. The monoisotopic (exact) mass is 311 g/mol. The van der Waals surface area contributed by atoms with Gasteiger partial charge in [-0.3, -0.25) is 4.79 Å². The zero-order valence-corrected chi connectivity index (χ0v) is 12.7. The number of rotatable bonds is 4. The first-order chi connectivity index (χ1) is 9.89. The van der Waals surface area contributed by atoms with Gasteiger partial charge in [-0.25, -0.2) is 4.39 Å². The van der Waals surface area contributed by atoms with Gasteiger partial charge in [0.05, 0.1) is 10.6 Å². The fourth-order valence-corrected chi connectivity index (χ4v) is 2.81. The van der Waals surface area contributed by atoms with Crippen molar-refractivity contribution in [3.8, 4) is 0 Å². The number of carbonyl (C=O) groups excluding carboxylic acids is 1. The third-order valence-electron chi connectivity index (χ3n) is 3.80. The Kier molecular flexibility index (Phi) is 5.01. The van der Waals surface area contributed by atoms with Crippen LogP contribution in [0.1, 0.15) is 31.2 Å². The molecule has 1 fully saturated rings. The molecule has 0 bridgehead atoms. The van der Waals surface area contributed by atoms with Crippen LogP contribution in [-0.2, 0) is 4.79 Å². The summed E-state index contributed by atoms with van der Waals surface area (Å²) < 4.78 is 13.0. The molecule has 114 valence electrons. The molecule has 0 heterocycles. The van der Waals surface area contributed by atoms with E-state index in [0.29, 0.717) is 12.1 Å². The number of hydrogen-bond donors (Lipinski definition) is 1. The van der Waals surface area contributed by atoms with Crippen LogP contribution in [0.25, 0.3) is 6.08 Å². The number of benzene rings is 1. The fraction of sp³-hybridized carbons (Fsp3) is 0.438. The summed E-state index contributed by atoms with van der Waals surface area (Å²) >= 11 is 5.69. The maximum absolute atomic E-state index is 13.0. The molecule has 21 heavy (non-hydrogen) atoms. The first-order valence-corrected chi connectivity index (χ1v) is 7.38. The second kappa shape index (κ2) is 6.58. The van der Waals surface area contributed by atoms with Crippen LogP contribution in [-0.4, -0.2) is 35.1 Å². The first kappa shape index (κ1) is 16.0. The van der Waals surface area contributed by atoms with E-state index in [0.717, 1.165) is 25.7 Å². The van der Waals surface area contributed by atoms with Gasteiger partial charge in [-0.2, -0.15) is 0 Å². The molecule has 0 spiro atoms. The maximum atomic E-state index is 13.0. The minimum atomic E-state index is -0.753. The van der Waals surface area contributed by atoms with E-state index in [-0.39, 0.29) is 10.9 Å². The molecular formula is C16H19ClFNO2. The Morgan fingerprint density at radius 3 is 2.76 bits per heavy atom. The Morgan fingerprint density at radius 2 is 2.14 bits per heavy atom. The molecule has 0 saturated heterocycles. The lowest BCUT2D eigenvalue weighted by molar-refractivity contribution is -0.127. The van der Waals surface area contributed by atoms with Gasteiger partial charge in [0, 0.05) is 19.7 Å². The van der Waals surface area contributed by atoms with Crippen molar-refractivity contribution in [2.24, 2.45) is 0 Å². The first-order valence-electron chi connectivity index (χ1n) is 7.00. The van der Waals surface area contributed by atoms with Crippen molar-refractivity contribution in [3.63, 3.8) is 0 Å². The van der Waals surface area contributed by atoms with Crippen LogP contribution in [0.4, 0.5) is 4.39 Å². The summed E-state index contributed by atoms with van der Waals surface area (Å²) in [5, 5.41) is 10.3. The molecule has 1 aliphatic rings. The normalized spacial score (nSPS) is 17.3. The van der Waals surface area contributed by atoms with Crippen molar-refractivity contribution in [3.05, 3.63) is 40.7 Å². The van der Waals surface area contributed by atoms with Crippen molar-refractivity contribution in [2.75, 3.05) is 13.6 Å². The van der Waals surface area contributed by atoms with Crippen LogP contribution >= 0.6 is 11.6 Å². The molecule has 2 rings (SSSR count). The van der Waals surface area contributed by atoms with Crippen LogP contribution in [0.5, 0.6) is 0 Å². The third kappa shape index (κ3) is 4.29. The molecule has 1 aromatic rings. The van der Waals surface area contributed by atoms with E-state index in [9.17, 15) is 14.3 Å². The van der Waals surface area contributed by atoms with Crippen LogP contribution in [0.3, 0.4) is 0 Å². The predicted molar refractivity (Wildman–Crippen MR) is 81.5 cm³/mol. The van der Waals surface area contributed by atoms with Gasteiger partial charge in [0.2, 0.25) is 5.91 Å². The van der Waals surface area contributed by atoms with Gasteiger partial charge in [-0.05, 0) is 36.6 Å². The third-order valence-corrected chi connectivity index (χ3v) is 4.09. The molecule has 0 radical (unpaired) electrons. The number of aliphatic hydroxyl groups is 1. The Morgan fingerprint density at radius 1 is 1.48 bits per heavy atom. The quantitative estimate of drug-likeness (QED) is 0.867. The molecule has 1 saturated carbocycles. The van der Waals surface area contributed by atoms with Gasteiger partial charge < -0.3 is 10.0 Å². The second-order valence-electron chi connectivity index (χ2n) is 5.63. The SMILES string of the molecule is CN(CC1(O)CCCC1)C(=O)/C=C/c1ccc(F)c(Cl)c1. The lowest BCUT2D eigenvalue weighted by Crippen LogP contribution is -2.41. The predicted octanol–water partition coefficient (Wildman–Crippen LogP) is 3.26. The van der Waals surface area contributed by atoms with Crippen molar-refractivity contribution in [2.45, 2.75) is 31.3 Å². The van der Waals surface area contributed by atoms with E-state index in [2.05, 4.69) is 0 Å². The molecule has 0 unspecified atom stereocenters. The van der Waals surface area contributed by atoms with Gasteiger partial charge in [0.25, 0.3) is 0 Å². The Labute approximate surface area is 129 Å². The fourth-order valence-electron chi connectivity index (χ4n) is 2.62. The lowest BCUT2D eigenvalue weighted by atomic mass is 10.0. The molecule has 0 aliphatic heterocycles. The number of carbonyl (C=O) groups is 1. The molecule has 0 atom stereocenters. The van der Waals surface area contributed by atoms with Crippen molar-refractivity contribution in [1.29, 1.82) is 0 Å². The van der Waals surface area contributed by atoms with E-state index in [1.165, 1.54) is 23.1 Å². The van der Waals surface area contributed by atoms with E-state index < -0.39 is 11.4 Å². The minimum absolute atomic E-state index is 0.0261. The highest BCUT2D eigenvalue weighted by Crippen LogP contribution is 2.29. The van der Waals surface area contributed by atoms with Gasteiger partial charge in [0.15, 0.2) is 0 Å². The topological polar surface area (TPSA) is 40.5 Å². The summed E-state index contributed by atoms with van der Waals surface area (Å²) in [7, 11) is 1.67. The molecule has 5 heteroatoms. The highest BCUT2D eigenvalue weighted by Gasteiger charge is 2.32. The largest absolute Gasteiger partial charge is 0.388 e. The number of nitrogens with zero attached hydrogens (tertiary/aromatic N) is 1. The maximum Gasteiger partial charge on any atom is 0.246 e. The lowest BCUT2D eigenvalue weighted by Gasteiger charge is -2.27. The Balaban J connectivity index is 1.96. The van der Waals surface area contributed by atoms with Crippen molar-refractivity contribution < 1.29 is 14.3 Å². The molecule has 1 N–H and O–H groups in total. The number of hydrogen-bond acceptors (Lipinski definition) is 2. The van der Waals surface area contributed by atoms with E-state index in [4.69, 9.17) is 11.6 Å². The minimum Gasteiger partial charge on any atom is -0.388 e. The van der Waals surface area contributed by atoms with E-state index >= 15 is 0 Å². The molecular weight excluding hydrogens is 293 g/mol. The highest BCUT2D eigenvalue weighted by atomic mass is 35.5. The van der Waals surface area contributed by atoms with Gasteiger partial charge in [-0.1, -0.05) is 30.5 Å². The number of amides is 1. The molecule has 1 aromatic carbocycles. The molecule has 1 amide bonds. The number of halogens is 2. The van der Waals surface area contributed by atoms with Crippen molar-refractivity contribution in [1.82, 2.24) is 4.90 Å². The standard InChI is InChI=1S/C16H19ClFNO2/c1-19(11-16(21)8-2-3-9-16)15(20)7-5-12-4-6-14(18)13(17)10-12/h4-7,10,21H,2-3,8-9,11H2,1H3/b7-5+. The summed E-state index contributed by atoms with van der Waals surface area (Å²) in [6.45, 7) is 0.334. The second-order valence-corrected chi connectivity index (χ2v) is 6.04. The van der Waals surface area contributed by atoms with E-state index in [1.54, 1.807) is 19.2 Å². The average molecular weight is 312 g/mol. The van der Waals surface area contributed by atoms with Crippen LogP contribution < -0.4 is 0 Å². The summed E-state index contributed by atoms with van der Waals surface area (Å²) in [5.74, 6) is -0.684. The Bertz CT molecular complexity index is 553. The van der Waals surface area contributed by atoms with Crippen LogP contribution in [0, 0.1) is 5.82 Å². The summed E-state index contributed by atoms with van der Waals surface area (Å²) in [6, 6.07) is 4.28. The van der Waals surface area contributed by atoms with Gasteiger partial charge >= 0.3 is 0 Å². The summed E-state index contributed by atoms with van der Waals surface area (Å²) in [5.41, 5.74) is -0.0972. The average Bonchev–Trinajstić information content (AvgIpc) is 2.86. The summed E-state index contributed by atoms with van der Waals surface area (Å²) in [6.07, 6.45) is 6.47. The van der Waals surface area contributed by atoms with Crippen molar-refractivity contribution >= 4 is 23.6 Å². The molecule has 1 aliphatic carbocycles. The van der Waals surface area contributed by atoms with Crippen LogP contribution in [0.15, 0.2) is 24.3 Å². The van der Waals surface area contributed by atoms with Gasteiger partial charge in [0.1, 0.15) is 5.82 Å². The molecule has 3 nitrogen and oxygen atoms in total.